The summed E-state index contributed by atoms with van der Waals surface area (Å²) in [7, 11) is 0. The van der Waals surface area contributed by atoms with Gasteiger partial charge in [-0.05, 0) is 31.2 Å². The average molecular weight is 292 g/mol. The summed E-state index contributed by atoms with van der Waals surface area (Å²) in [5, 5.41) is 11.1. The Labute approximate surface area is 119 Å². The van der Waals surface area contributed by atoms with Crippen LogP contribution in [0.2, 0.25) is 0 Å². The highest BCUT2D eigenvalue weighted by Crippen LogP contribution is 2.31. The molecule has 0 fully saturated rings. The quantitative estimate of drug-likeness (QED) is 0.492. The number of rotatable bonds is 5. The van der Waals surface area contributed by atoms with Crippen LogP contribution in [0.15, 0.2) is 30.5 Å². The lowest BCUT2D eigenvalue weighted by Crippen LogP contribution is -2.21. The molecule has 0 spiro atoms. The van der Waals surface area contributed by atoms with E-state index in [1.165, 1.54) is 24.3 Å². The lowest BCUT2D eigenvalue weighted by molar-refractivity contribution is -0.384. The number of hydrazine groups is 1. The number of benzene rings is 1. The molecule has 0 radical (unpaired) electrons. The van der Waals surface area contributed by atoms with E-state index < -0.39 is 10.7 Å². The number of nitrogens with zero attached hydrogens (tertiary/aromatic N) is 4. The first-order valence-corrected chi connectivity index (χ1v) is 6.08. The van der Waals surface area contributed by atoms with E-state index in [0.29, 0.717) is 12.2 Å². The second-order valence-electron chi connectivity index (χ2n) is 4.02. The molecule has 1 heterocycles. The molecule has 0 atom stereocenters. The highest BCUT2D eigenvalue weighted by Gasteiger charge is 2.23. The number of hydrogen-bond donors (Lipinski definition) is 2. The summed E-state index contributed by atoms with van der Waals surface area (Å²) in [6, 6.07) is 5.57. The van der Waals surface area contributed by atoms with Gasteiger partial charge in [-0.25, -0.2) is 15.2 Å². The maximum absolute atomic E-state index is 13.0. The SMILES string of the molecule is CCN(c1ccc(F)cc1)c1nc(NN)ncc1[N+](=O)[O-]. The van der Waals surface area contributed by atoms with Crippen LogP contribution < -0.4 is 16.2 Å². The highest BCUT2D eigenvalue weighted by molar-refractivity contribution is 5.68. The molecule has 0 amide bonds. The second kappa shape index (κ2) is 6.09. The number of anilines is 3. The molecule has 0 bridgehead atoms. The highest BCUT2D eigenvalue weighted by atomic mass is 19.1. The Kier molecular flexibility index (Phi) is 4.24. The van der Waals surface area contributed by atoms with Gasteiger partial charge in [0.05, 0.1) is 4.92 Å². The van der Waals surface area contributed by atoms with Crippen molar-refractivity contribution in [2.45, 2.75) is 6.92 Å². The van der Waals surface area contributed by atoms with Crippen molar-refractivity contribution in [3.63, 3.8) is 0 Å². The predicted molar refractivity (Wildman–Crippen MR) is 75.6 cm³/mol. The van der Waals surface area contributed by atoms with Gasteiger partial charge in [-0.2, -0.15) is 4.98 Å². The molecule has 8 nitrogen and oxygen atoms in total. The monoisotopic (exact) mass is 292 g/mol. The summed E-state index contributed by atoms with van der Waals surface area (Å²) in [5.74, 6) is 4.97. The van der Waals surface area contributed by atoms with Crippen LogP contribution in [0.25, 0.3) is 0 Å². The van der Waals surface area contributed by atoms with E-state index in [2.05, 4.69) is 15.4 Å². The van der Waals surface area contributed by atoms with Gasteiger partial charge in [0.15, 0.2) is 0 Å². The van der Waals surface area contributed by atoms with Crippen molar-refractivity contribution in [3.05, 3.63) is 46.4 Å². The van der Waals surface area contributed by atoms with Crippen LogP contribution in [0.3, 0.4) is 0 Å². The zero-order valence-corrected chi connectivity index (χ0v) is 11.2. The maximum Gasteiger partial charge on any atom is 0.330 e. The molecule has 2 rings (SSSR count). The molecule has 21 heavy (non-hydrogen) atoms. The minimum atomic E-state index is -0.582. The Hall–Kier alpha value is -2.81. The largest absolute Gasteiger partial charge is 0.330 e. The first-order valence-electron chi connectivity index (χ1n) is 6.08. The topological polar surface area (TPSA) is 110 Å². The second-order valence-corrected chi connectivity index (χ2v) is 4.02. The molecule has 9 heteroatoms. The van der Waals surface area contributed by atoms with Gasteiger partial charge < -0.3 is 4.90 Å². The Morgan fingerprint density at radius 2 is 2.10 bits per heavy atom. The normalized spacial score (nSPS) is 10.2. The van der Waals surface area contributed by atoms with Gasteiger partial charge in [-0.15, -0.1) is 0 Å². The first kappa shape index (κ1) is 14.6. The fraction of sp³-hybridized carbons (Fsp3) is 0.167. The minimum Gasteiger partial charge on any atom is -0.321 e. The van der Waals surface area contributed by atoms with Gasteiger partial charge in [0, 0.05) is 12.2 Å². The maximum atomic E-state index is 13.0. The van der Waals surface area contributed by atoms with Crippen LogP contribution in [0, 0.1) is 15.9 Å². The summed E-state index contributed by atoms with van der Waals surface area (Å²) in [6.45, 7) is 2.19. The molecule has 0 aliphatic heterocycles. The zero-order chi connectivity index (χ0) is 15.4. The van der Waals surface area contributed by atoms with Crippen molar-refractivity contribution in [1.82, 2.24) is 9.97 Å². The first-order chi connectivity index (χ1) is 10.1. The summed E-state index contributed by atoms with van der Waals surface area (Å²) >= 11 is 0. The van der Waals surface area contributed by atoms with Crippen molar-refractivity contribution < 1.29 is 9.31 Å². The van der Waals surface area contributed by atoms with Gasteiger partial charge in [0.2, 0.25) is 11.8 Å². The summed E-state index contributed by atoms with van der Waals surface area (Å²) in [4.78, 5) is 19.9. The summed E-state index contributed by atoms with van der Waals surface area (Å²) < 4.78 is 13.0. The Bertz CT molecular complexity index is 649. The standard InChI is InChI=1S/C12H13FN6O2/c1-2-18(9-5-3-8(13)4-6-9)11-10(19(20)21)7-15-12(16-11)17-14/h3-7H,2,14H2,1H3,(H,15,16,17). The van der Waals surface area contributed by atoms with Gasteiger partial charge in [-0.1, -0.05) is 0 Å². The van der Waals surface area contributed by atoms with Crippen LogP contribution in [0.1, 0.15) is 6.92 Å². The Balaban J connectivity index is 2.54. The van der Waals surface area contributed by atoms with Crippen LogP contribution >= 0.6 is 0 Å². The van der Waals surface area contributed by atoms with Crippen molar-refractivity contribution in [1.29, 1.82) is 0 Å². The minimum absolute atomic E-state index is 0.0520. The third kappa shape index (κ3) is 3.03. The third-order valence-corrected chi connectivity index (χ3v) is 2.79. The van der Waals surface area contributed by atoms with Crippen molar-refractivity contribution in [3.8, 4) is 0 Å². The van der Waals surface area contributed by atoms with E-state index in [1.807, 2.05) is 0 Å². The molecule has 3 N–H and O–H groups in total. The lowest BCUT2D eigenvalue weighted by Gasteiger charge is -2.21. The fourth-order valence-electron chi connectivity index (χ4n) is 1.84. The van der Waals surface area contributed by atoms with Crippen LogP contribution in [0.5, 0.6) is 0 Å². The van der Waals surface area contributed by atoms with E-state index in [0.717, 1.165) is 6.20 Å². The number of halogens is 1. The van der Waals surface area contributed by atoms with E-state index in [1.54, 1.807) is 11.8 Å². The number of nitrogens with two attached hydrogens (primary N) is 1. The zero-order valence-electron chi connectivity index (χ0n) is 11.2. The van der Waals surface area contributed by atoms with E-state index in [-0.39, 0.29) is 17.5 Å². The van der Waals surface area contributed by atoms with Crippen molar-refractivity contribution in [2.24, 2.45) is 5.84 Å². The molecule has 0 aliphatic carbocycles. The van der Waals surface area contributed by atoms with Gasteiger partial charge in [0.1, 0.15) is 12.0 Å². The Morgan fingerprint density at radius 3 is 2.62 bits per heavy atom. The van der Waals surface area contributed by atoms with Gasteiger partial charge in [0.25, 0.3) is 0 Å². The summed E-state index contributed by atoms with van der Waals surface area (Å²) in [6.07, 6.45) is 1.07. The van der Waals surface area contributed by atoms with Crippen molar-refractivity contribution >= 4 is 23.1 Å². The molecule has 0 unspecified atom stereocenters. The molecule has 1 aromatic heterocycles. The van der Waals surface area contributed by atoms with E-state index in [4.69, 9.17) is 5.84 Å². The molecule has 110 valence electrons. The smallest absolute Gasteiger partial charge is 0.321 e. The van der Waals surface area contributed by atoms with Gasteiger partial charge in [-0.3, -0.25) is 15.5 Å². The summed E-state index contributed by atoms with van der Waals surface area (Å²) in [5.41, 5.74) is 2.55. The Morgan fingerprint density at radius 1 is 1.43 bits per heavy atom. The lowest BCUT2D eigenvalue weighted by atomic mass is 10.2. The van der Waals surface area contributed by atoms with Crippen LogP contribution in [-0.4, -0.2) is 21.4 Å². The molecule has 0 saturated heterocycles. The number of hydrogen-bond acceptors (Lipinski definition) is 7. The van der Waals surface area contributed by atoms with E-state index in [9.17, 15) is 14.5 Å². The average Bonchev–Trinajstić information content (AvgIpc) is 2.49. The molecule has 0 saturated carbocycles. The third-order valence-electron chi connectivity index (χ3n) is 2.79. The number of nitrogens with one attached hydrogen (secondary N) is 1. The number of aromatic nitrogens is 2. The van der Waals surface area contributed by atoms with E-state index >= 15 is 0 Å². The molecular weight excluding hydrogens is 279 g/mol. The molecule has 1 aromatic carbocycles. The van der Waals surface area contributed by atoms with Crippen LogP contribution in [-0.2, 0) is 0 Å². The molecular formula is C12H13FN6O2. The number of nitro groups is 1. The molecule has 2 aromatic rings. The van der Waals surface area contributed by atoms with Gasteiger partial charge >= 0.3 is 5.69 Å². The number of nitrogen functional groups attached to an aromatic ring is 1. The van der Waals surface area contributed by atoms with Crippen molar-refractivity contribution in [2.75, 3.05) is 16.9 Å². The van der Waals surface area contributed by atoms with Crippen LogP contribution in [0.4, 0.5) is 27.5 Å². The fourth-order valence-corrected chi connectivity index (χ4v) is 1.84. The predicted octanol–water partition coefficient (Wildman–Crippen LogP) is 1.97. The molecule has 0 aliphatic rings.